The molecule has 2 fully saturated rings. The summed E-state index contributed by atoms with van der Waals surface area (Å²) >= 11 is 1.30. The molecule has 11 heteroatoms. The zero-order valence-electron chi connectivity index (χ0n) is 21.6. The van der Waals surface area contributed by atoms with Crippen LogP contribution in [-0.4, -0.2) is 54.0 Å². The highest BCUT2D eigenvalue weighted by molar-refractivity contribution is 7.15. The molecular weight excluding hydrogens is 543 g/mol. The molecule has 6 rings (SSSR count). The zero-order chi connectivity index (χ0) is 27.9. The number of rotatable bonds is 6. The molecule has 0 spiro atoms. The third-order valence-corrected chi connectivity index (χ3v) is 8.69. The molecule has 1 saturated heterocycles. The minimum absolute atomic E-state index is 0.187. The van der Waals surface area contributed by atoms with E-state index in [1.54, 1.807) is 29.2 Å². The Bertz CT molecular complexity index is 1440. The minimum atomic E-state index is -4.49. The lowest BCUT2D eigenvalue weighted by Crippen LogP contribution is -2.49. The van der Waals surface area contributed by atoms with Crippen LogP contribution in [0.2, 0.25) is 0 Å². The maximum Gasteiger partial charge on any atom is 0.416 e. The van der Waals surface area contributed by atoms with Gasteiger partial charge in [0.2, 0.25) is 0 Å². The molecule has 1 aromatic heterocycles. The molecule has 2 amide bonds. The highest BCUT2D eigenvalue weighted by Crippen LogP contribution is 2.46. The number of likely N-dealkylation sites (tertiary alicyclic amines) is 1. The van der Waals surface area contributed by atoms with E-state index < -0.39 is 11.7 Å². The number of nitrogens with one attached hydrogen (secondary N) is 1. The van der Waals surface area contributed by atoms with Gasteiger partial charge < -0.3 is 19.7 Å². The first kappa shape index (κ1) is 26.6. The number of benzene rings is 2. The first-order valence-electron chi connectivity index (χ1n) is 13.5. The average Bonchev–Trinajstić information content (AvgIpc) is 3.73. The molecule has 3 aromatic rings. The Kier molecular flexibility index (Phi) is 7.16. The van der Waals surface area contributed by atoms with Crippen LogP contribution in [0.25, 0.3) is 10.4 Å². The molecule has 1 aliphatic carbocycles. The fraction of sp³-hybridized carbons (Fsp3) is 0.414. The summed E-state index contributed by atoms with van der Waals surface area (Å²) in [5.74, 6) is 0.530. The van der Waals surface area contributed by atoms with Gasteiger partial charge in [-0.25, -0.2) is 4.98 Å². The van der Waals surface area contributed by atoms with Crippen LogP contribution in [0.15, 0.2) is 42.5 Å². The molecule has 1 atom stereocenters. The average molecular weight is 572 g/mol. The van der Waals surface area contributed by atoms with Gasteiger partial charge >= 0.3 is 6.18 Å². The molecular formula is C29H28F3N3O4S. The number of aromatic nitrogens is 1. The highest BCUT2D eigenvalue weighted by Gasteiger charge is 2.36. The molecule has 1 N–H and O–H groups in total. The molecule has 1 saturated carbocycles. The summed E-state index contributed by atoms with van der Waals surface area (Å²) < 4.78 is 51.6. The van der Waals surface area contributed by atoms with Crippen LogP contribution in [0.1, 0.15) is 69.4 Å². The van der Waals surface area contributed by atoms with Crippen molar-refractivity contribution in [2.75, 3.05) is 26.3 Å². The van der Waals surface area contributed by atoms with Crippen molar-refractivity contribution < 1.29 is 32.2 Å². The Morgan fingerprint density at radius 3 is 2.65 bits per heavy atom. The number of para-hydroxylation sites is 1. The van der Waals surface area contributed by atoms with Crippen molar-refractivity contribution >= 4 is 23.2 Å². The predicted molar refractivity (Wildman–Crippen MR) is 143 cm³/mol. The van der Waals surface area contributed by atoms with E-state index in [4.69, 9.17) is 9.47 Å². The third kappa shape index (κ3) is 5.39. The van der Waals surface area contributed by atoms with Gasteiger partial charge in [-0.1, -0.05) is 18.2 Å². The van der Waals surface area contributed by atoms with Crippen molar-refractivity contribution in [3.8, 4) is 21.9 Å². The number of alkyl halides is 3. The molecule has 3 heterocycles. The number of piperidine rings is 1. The topological polar surface area (TPSA) is 80.8 Å². The van der Waals surface area contributed by atoms with E-state index in [9.17, 15) is 22.8 Å². The van der Waals surface area contributed by atoms with Gasteiger partial charge in [-0.05, 0) is 61.9 Å². The quantitative estimate of drug-likeness (QED) is 0.399. The van der Waals surface area contributed by atoms with Crippen LogP contribution < -0.4 is 14.8 Å². The number of halogens is 3. The number of carbonyl (C=O) groups excluding carboxylic acids is 2. The minimum Gasteiger partial charge on any atom is -0.486 e. The van der Waals surface area contributed by atoms with Crippen molar-refractivity contribution in [2.24, 2.45) is 0 Å². The smallest absolute Gasteiger partial charge is 0.416 e. The number of ether oxygens (including phenoxy) is 2. The summed E-state index contributed by atoms with van der Waals surface area (Å²) in [6.45, 7) is 1.48. The summed E-state index contributed by atoms with van der Waals surface area (Å²) in [6, 6.07) is 9.94. The molecule has 0 radical (unpaired) electrons. The summed E-state index contributed by atoms with van der Waals surface area (Å²) in [7, 11) is 0. The Balaban J connectivity index is 1.24. The Morgan fingerprint density at radius 2 is 1.85 bits per heavy atom. The molecule has 0 bridgehead atoms. The monoisotopic (exact) mass is 571 g/mol. The van der Waals surface area contributed by atoms with Gasteiger partial charge in [-0.15, -0.1) is 11.3 Å². The van der Waals surface area contributed by atoms with Crippen LogP contribution >= 0.6 is 11.3 Å². The summed E-state index contributed by atoms with van der Waals surface area (Å²) in [5, 5.41) is 3.73. The van der Waals surface area contributed by atoms with E-state index in [1.807, 2.05) is 0 Å². The Labute approximate surface area is 233 Å². The van der Waals surface area contributed by atoms with Crippen LogP contribution in [0.5, 0.6) is 11.5 Å². The number of hydrogen-bond donors (Lipinski definition) is 1. The standard InChI is InChI=1S/C29H28F3N3O4S/c30-29(31,32)19-6-3-5-18(15-19)25-23(34-27(40-25)17-10-11-17)28(37)35-12-2-1-7-20(35)16-33-26(36)21-8-4-9-22-24(21)39-14-13-38-22/h3-6,8-9,15,17,20H,1-2,7,10-14,16H2,(H,33,36)/t20-/m0/s1. The second-order valence-corrected chi connectivity index (χ2v) is 11.3. The van der Waals surface area contributed by atoms with Gasteiger partial charge in [0.15, 0.2) is 11.5 Å². The lowest BCUT2D eigenvalue weighted by Gasteiger charge is -2.35. The molecule has 7 nitrogen and oxygen atoms in total. The van der Waals surface area contributed by atoms with E-state index in [-0.39, 0.29) is 36.0 Å². The van der Waals surface area contributed by atoms with E-state index in [1.165, 1.54) is 17.4 Å². The predicted octanol–water partition coefficient (Wildman–Crippen LogP) is 5.90. The van der Waals surface area contributed by atoms with Gasteiger partial charge in [-0.3, -0.25) is 9.59 Å². The molecule has 210 valence electrons. The van der Waals surface area contributed by atoms with Gasteiger partial charge in [0, 0.05) is 25.0 Å². The largest absolute Gasteiger partial charge is 0.486 e. The molecule has 40 heavy (non-hydrogen) atoms. The van der Waals surface area contributed by atoms with Crippen molar-refractivity contribution in [2.45, 2.75) is 50.2 Å². The number of amides is 2. The van der Waals surface area contributed by atoms with Crippen LogP contribution in [0, 0.1) is 0 Å². The van der Waals surface area contributed by atoms with E-state index >= 15 is 0 Å². The number of nitrogens with zero attached hydrogens (tertiary/aromatic N) is 2. The van der Waals surface area contributed by atoms with E-state index in [0.717, 1.165) is 42.8 Å². The van der Waals surface area contributed by atoms with Crippen LogP contribution in [-0.2, 0) is 6.18 Å². The maximum atomic E-state index is 13.9. The van der Waals surface area contributed by atoms with Crippen LogP contribution in [0.4, 0.5) is 13.2 Å². The van der Waals surface area contributed by atoms with E-state index in [2.05, 4.69) is 10.3 Å². The zero-order valence-corrected chi connectivity index (χ0v) is 22.4. The van der Waals surface area contributed by atoms with Crippen molar-refractivity contribution in [3.63, 3.8) is 0 Å². The Morgan fingerprint density at radius 1 is 1.05 bits per heavy atom. The fourth-order valence-electron chi connectivity index (χ4n) is 5.19. The third-order valence-electron chi connectivity index (χ3n) is 7.42. The van der Waals surface area contributed by atoms with Gasteiger partial charge in [0.05, 0.1) is 21.0 Å². The number of carbonyl (C=O) groups is 2. The first-order chi connectivity index (χ1) is 19.3. The lowest BCUT2D eigenvalue weighted by atomic mass is 10.0. The highest BCUT2D eigenvalue weighted by atomic mass is 32.1. The fourth-order valence-corrected chi connectivity index (χ4v) is 6.42. The van der Waals surface area contributed by atoms with Crippen molar-refractivity contribution in [1.29, 1.82) is 0 Å². The van der Waals surface area contributed by atoms with Gasteiger partial charge in [-0.2, -0.15) is 13.2 Å². The SMILES string of the molecule is O=C(NC[C@@H]1CCCCN1C(=O)c1nc(C2CC2)sc1-c1cccc(C(F)(F)F)c1)c1cccc2c1OCCO2. The molecule has 2 aliphatic heterocycles. The first-order valence-corrected chi connectivity index (χ1v) is 14.3. The van der Waals surface area contributed by atoms with Crippen LogP contribution in [0.3, 0.4) is 0 Å². The molecule has 3 aliphatic rings. The number of thiazole rings is 1. The normalized spacial score (nSPS) is 18.9. The summed E-state index contributed by atoms with van der Waals surface area (Å²) in [5.41, 5.74) is 0.125. The summed E-state index contributed by atoms with van der Waals surface area (Å²) in [4.78, 5) is 33.9. The second-order valence-electron chi connectivity index (χ2n) is 10.3. The van der Waals surface area contributed by atoms with Gasteiger partial charge in [0.25, 0.3) is 11.8 Å². The van der Waals surface area contributed by atoms with Gasteiger partial charge in [0.1, 0.15) is 18.9 Å². The second kappa shape index (κ2) is 10.8. The number of hydrogen-bond acceptors (Lipinski definition) is 6. The Hall–Kier alpha value is -3.60. The van der Waals surface area contributed by atoms with Crippen molar-refractivity contribution in [3.05, 3.63) is 64.3 Å². The number of fused-ring (bicyclic) bond motifs is 1. The van der Waals surface area contributed by atoms with Crippen molar-refractivity contribution in [1.82, 2.24) is 15.2 Å². The maximum absolute atomic E-state index is 13.9. The molecule has 2 aromatic carbocycles. The van der Waals surface area contributed by atoms with E-state index in [0.29, 0.717) is 53.7 Å². The lowest BCUT2D eigenvalue weighted by molar-refractivity contribution is -0.137. The molecule has 0 unspecified atom stereocenters. The summed E-state index contributed by atoms with van der Waals surface area (Å²) in [6.07, 6.45) is -0.190.